The van der Waals surface area contributed by atoms with Crippen molar-refractivity contribution < 1.29 is 9.60 Å². The zero-order chi connectivity index (χ0) is 15.2. The molecular formula is C16H18FN3O. The lowest BCUT2D eigenvalue weighted by atomic mass is 10.1. The Morgan fingerprint density at radius 3 is 2.57 bits per heavy atom. The molecule has 0 bridgehead atoms. The minimum absolute atomic E-state index is 0.0849. The summed E-state index contributed by atoms with van der Waals surface area (Å²) in [4.78, 5) is 2.12. The normalized spacial score (nSPS) is 11.4. The molecule has 0 unspecified atom stereocenters. The first-order valence-corrected chi connectivity index (χ1v) is 6.71. The number of nitrogens with two attached hydrogens (primary N) is 1. The summed E-state index contributed by atoms with van der Waals surface area (Å²) >= 11 is 0. The number of hydrogen-bond donors (Lipinski definition) is 2. The summed E-state index contributed by atoms with van der Waals surface area (Å²) in [5, 5.41) is 11.7. The average molecular weight is 287 g/mol. The highest BCUT2D eigenvalue weighted by Crippen LogP contribution is 2.18. The first kappa shape index (κ1) is 14.8. The Balaban J connectivity index is 2.20. The first-order valence-electron chi connectivity index (χ1n) is 6.71. The maximum Gasteiger partial charge on any atom is 0.170 e. The van der Waals surface area contributed by atoms with Crippen molar-refractivity contribution in [3.8, 4) is 0 Å². The highest BCUT2D eigenvalue weighted by atomic mass is 19.1. The maximum absolute atomic E-state index is 13.0. The zero-order valence-electron chi connectivity index (χ0n) is 11.8. The number of hydrogen-bond acceptors (Lipinski definition) is 3. The number of rotatable bonds is 5. The molecule has 2 rings (SSSR count). The van der Waals surface area contributed by atoms with Gasteiger partial charge in [-0.3, -0.25) is 0 Å². The molecule has 0 amide bonds. The van der Waals surface area contributed by atoms with Gasteiger partial charge in [0.15, 0.2) is 5.84 Å². The van der Waals surface area contributed by atoms with Crippen LogP contribution in [0, 0.1) is 5.82 Å². The van der Waals surface area contributed by atoms with E-state index in [1.807, 2.05) is 25.1 Å². The Labute approximate surface area is 123 Å². The number of oxime groups is 1. The number of benzene rings is 2. The molecule has 4 nitrogen and oxygen atoms in total. The van der Waals surface area contributed by atoms with Crippen molar-refractivity contribution in [3.63, 3.8) is 0 Å². The van der Waals surface area contributed by atoms with Crippen LogP contribution in [0.25, 0.3) is 0 Å². The van der Waals surface area contributed by atoms with E-state index in [0.717, 1.165) is 17.8 Å². The fraction of sp³-hybridized carbons (Fsp3) is 0.188. The van der Waals surface area contributed by atoms with Crippen LogP contribution in [0.3, 0.4) is 0 Å². The van der Waals surface area contributed by atoms with E-state index in [-0.39, 0.29) is 11.7 Å². The monoisotopic (exact) mass is 287 g/mol. The van der Waals surface area contributed by atoms with Gasteiger partial charge in [0.25, 0.3) is 0 Å². The van der Waals surface area contributed by atoms with Crippen LogP contribution in [-0.2, 0) is 6.54 Å². The van der Waals surface area contributed by atoms with E-state index < -0.39 is 0 Å². The van der Waals surface area contributed by atoms with E-state index >= 15 is 0 Å². The topological polar surface area (TPSA) is 61.8 Å². The molecule has 0 radical (unpaired) electrons. The van der Waals surface area contributed by atoms with Crippen molar-refractivity contribution in [2.24, 2.45) is 10.9 Å². The molecule has 2 aromatic carbocycles. The maximum atomic E-state index is 13.0. The van der Waals surface area contributed by atoms with Gasteiger partial charge in [0.05, 0.1) is 0 Å². The number of nitrogens with zero attached hydrogens (tertiary/aromatic N) is 2. The summed E-state index contributed by atoms with van der Waals surface area (Å²) < 4.78 is 13.0. The number of halogens is 1. The van der Waals surface area contributed by atoms with Crippen LogP contribution in [0.1, 0.15) is 18.1 Å². The second-order valence-electron chi connectivity index (χ2n) is 4.68. The molecule has 0 aromatic heterocycles. The predicted molar refractivity (Wildman–Crippen MR) is 82.1 cm³/mol. The molecule has 0 heterocycles. The second-order valence-corrected chi connectivity index (χ2v) is 4.68. The largest absolute Gasteiger partial charge is 0.409 e. The average Bonchev–Trinajstić information content (AvgIpc) is 2.53. The van der Waals surface area contributed by atoms with Crippen molar-refractivity contribution in [1.29, 1.82) is 0 Å². The van der Waals surface area contributed by atoms with Gasteiger partial charge in [0, 0.05) is 24.3 Å². The number of anilines is 1. The first-order chi connectivity index (χ1) is 10.1. The van der Waals surface area contributed by atoms with E-state index in [2.05, 4.69) is 10.1 Å². The quantitative estimate of drug-likeness (QED) is 0.385. The van der Waals surface area contributed by atoms with Crippen LogP contribution in [-0.4, -0.2) is 17.6 Å². The molecule has 0 aliphatic heterocycles. The lowest BCUT2D eigenvalue weighted by Gasteiger charge is -2.23. The Hall–Kier alpha value is -2.56. The molecule has 0 aliphatic carbocycles. The zero-order valence-corrected chi connectivity index (χ0v) is 11.8. The van der Waals surface area contributed by atoms with E-state index in [1.54, 1.807) is 18.2 Å². The Bertz CT molecular complexity index is 626. The fourth-order valence-electron chi connectivity index (χ4n) is 2.14. The predicted octanol–water partition coefficient (Wildman–Crippen LogP) is 2.95. The second kappa shape index (κ2) is 6.74. The summed E-state index contributed by atoms with van der Waals surface area (Å²) in [5.74, 6) is -0.162. The van der Waals surface area contributed by atoms with E-state index in [0.29, 0.717) is 12.1 Å². The summed E-state index contributed by atoms with van der Waals surface area (Å²) in [6, 6.07) is 13.9. The van der Waals surface area contributed by atoms with Crippen molar-refractivity contribution in [1.82, 2.24) is 0 Å². The highest BCUT2D eigenvalue weighted by Gasteiger charge is 2.07. The van der Waals surface area contributed by atoms with Crippen LogP contribution in [0.4, 0.5) is 10.1 Å². The molecule has 0 fully saturated rings. The van der Waals surface area contributed by atoms with Crippen molar-refractivity contribution in [2.75, 3.05) is 11.4 Å². The van der Waals surface area contributed by atoms with Gasteiger partial charge in [0.2, 0.25) is 0 Å². The van der Waals surface area contributed by atoms with Crippen LogP contribution in [0.2, 0.25) is 0 Å². The van der Waals surface area contributed by atoms with Crippen LogP contribution < -0.4 is 10.6 Å². The Morgan fingerprint density at radius 1 is 1.24 bits per heavy atom. The van der Waals surface area contributed by atoms with Crippen molar-refractivity contribution in [3.05, 3.63) is 65.5 Å². The van der Waals surface area contributed by atoms with Crippen molar-refractivity contribution >= 4 is 11.5 Å². The SMILES string of the molecule is CCN(Cc1cccc(C(N)=NO)c1)c1ccc(F)cc1. The third-order valence-corrected chi connectivity index (χ3v) is 3.28. The van der Waals surface area contributed by atoms with E-state index in [9.17, 15) is 4.39 Å². The third kappa shape index (κ3) is 3.72. The summed E-state index contributed by atoms with van der Waals surface area (Å²) in [6.07, 6.45) is 0. The van der Waals surface area contributed by atoms with Gasteiger partial charge < -0.3 is 15.8 Å². The van der Waals surface area contributed by atoms with E-state index in [4.69, 9.17) is 10.9 Å². The summed E-state index contributed by atoms with van der Waals surface area (Å²) in [5.41, 5.74) is 8.26. The van der Waals surface area contributed by atoms with Gasteiger partial charge in [-0.05, 0) is 42.8 Å². The smallest absolute Gasteiger partial charge is 0.170 e. The van der Waals surface area contributed by atoms with Crippen LogP contribution in [0.15, 0.2) is 53.7 Å². The lowest BCUT2D eigenvalue weighted by molar-refractivity contribution is 0.318. The molecule has 0 aliphatic rings. The molecule has 110 valence electrons. The van der Waals surface area contributed by atoms with Gasteiger partial charge in [-0.1, -0.05) is 23.4 Å². The van der Waals surface area contributed by atoms with Gasteiger partial charge in [0.1, 0.15) is 5.82 Å². The molecule has 2 aromatic rings. The molecule has 21 heavy (non-hydrogen) atoms. The third-order valence-electron chi connectivity index (χ3n) is 3.28. The lowest BCUT2D eigenvalue weighted by Crippen LogP contribution is -2.22. The summed E-state index contributed by atoms with van der Waals surface area (Å²) in [7, 11) is 0. The molecule has 0 saturated carbocycles. The molecular weight excluding hydrogens is 269 g/mol. The highest BCUT2D eigenvalue weighted by molar-refractivity contribution is 5.97. The molecule has 0 spiro atoms. The van der Waals surface area contributed by atoms with E-state index in [1.165, 1.54) is 12.1 Å². The van der Waals surface area contributed by atoms with Gasteiger partial charge in [-0.15, -0.1) is 0 Å². The molecule has 5 heteroatoms. The van der Waals surface area contributed by atoms with Gasteiger partial charge in [-0.25, -0.2) is 4.39 Å². The van der Waals surface area contributed by atoms with Crippen molar-refractivity contribution in [2.45, 2.75) is 13.5 Å². The minimum Gasteiger partial charge on any atom is -0.409 e. The molecule has 0 saturated heterocycles. The number of amidine groups is 1. The summed E-state index contributed by atoms with van der Waals surface area (Å²) in [6.45, 7) is 3.49. The van der Waals surface area contributed by atoms with Gasteiger partial charge >= 0.3 is 0 Å². The Morgan fingerprint density at radius 2 is 1.95 bits per heavy atom. The fourth-order valence-corrected chi connectivity index (χ4v) is 2.14. The molecule has 0 atom stereocenters. The molecule has 3 N–H and O–H groups in total. The minimum atomic E-state index is -0.247. The standard InChI is InChI=1S/C16H18FN3O/c1-2-20(15-8-6-14(17)7-9-15)11-12-4-3-5-13(10-12)16(18)19-21/h3-10,21H,2,11H2,1H3,(H2,18,19). The Kier molecular flexibility index (Phi) is 4.77. The van der Waals surface area contributed by atoms with Gasteiger partial charge in [-0.2, -0.15) is 0 Å². The van der Waals surface area contributed by atoms with Crippen LogP contribution in [0.5, 0.6) is 0 Å². The van der Waals surface area contributed by atoms with Crippen LogP contribution >= 0.6 is 0 Å².